The lowest BCUT2D eigenvalue weighted by atomic mass is 10.1. The SMILES string of the molecule is Cc1nc(-c2nc(-c3ccc(F)c(C(N)=O)c3F)sc2-c2cccc(C(F)(F)F)c2)no1. The number of nitrogens with zero attached hydrogens (tertiary/aromatic N) is 3. The van der Waals surface area contributed by atoms with Gasteiger partial charge in [-0.05, 0) is 29.8 Å². The van der Waals surface area contributed by atoms with Gasteiger partial charge in [-0.1, -0.05) is 17.3 Å². The number of nitrogens with two attached hydrogens (primary N) is 1. The first-order valence-electron chi connectivity index (χ1n) is 8.83. The molecule has 1 amide bonds. The Morgan fingerprint density at radius 2 is 1.88 bits per heavy atom. The van der Waals surface area contributed by atoms with Crippen LogP contribution >= 0.6 is 11.3 Å². The van der Waals surface area contributed by atoms with Crippen LogP contribution in [-0.4, -0.2) is 21.0 Å². The number of hydrogen-bond acceptors (Lipinski definition) is 6. The predicted molar refractivity (Wildman–Crippen MR) is 104 cm³/mol. The van der Waals surface area contributed by atoms with Crippen LogP contribution in [0.5, 0.6) is 0 Å². The zero-order chi connectivity index (χ0) is 23.2. The number of primary amides is 1. The van der Waals surface area contributed by atoms with Gasteiger partial charge in [0.1, 0.15) is 27.9 Å². The minimum Gasteiger partial charge on any atom is -0.365 e. The van der Waals surface area contributed by atoms with Crippen molar-refractivity contribution >= 4 is 17.2 Å². The number of alkyl halides is 3. The first-order chi connectivity index (χ1) is 15.1. The lowest BCUT2D eigenvalue weighted by Gasteiger charge is -2.08. The number of carbonyl (C=O) groups is 1. The number of rotatable bonds is 4. The Labute approximate surface area is 180 Å². The third-order valence-electron chi connectivity index (χ3n) is 4.39. The Balaban J connectivity index is 1.95. The van der Waals surface area contributed by atoms with Crippen molar-refractivity contribution in [1.29, 1.82) is 0 Å². The van der Waals surface area contributed by atoms with Crippen LogP contribution in [0.3, 0.4) is 0 Å². The van der Waals surface area contributed by atoms with E-state index in [-0.39, 0.29) is 38.4 Å². The highest BCUT2D eigenvalue weighted by molar-refractivity contribution is 7.19. The number of halogens is 5. The van der Waals surface area contributed by atoms with Crippen LogP contribution in [0.25, 0.3) is 32.5 Å². The molecule has 0 radical (unpaired) electrons. The molecule has 0 aliphatic carbocycles. The molecule has 4 aromatic rings. The summed E-state index contributed by atoms with van der Waals surface area (Å²) >= 11 is 0.815. The minimum absolute atomic E-state index is 0.0324. The van der Waals surface area contributed by atoms with Gasteiger partial charge in [0.25, 0.3) is 5.91 Å². The normalized spacial score (nSPS) is 11.7. The summed E-state index contributed by atoms with van der Waals surface area (Å²) in [4.78, 5) is 20.0. The Kier molecular flexibility index (Phi) is 5.25. The number of hydrogen-bond donors (Lipinski definition) is 1. The van der Waals surface area contributed by atoms with Gasteiger partial charge in [0, 0.05) is 12.5 Å². The predicted octanol–water partition coefficient (Wildman–Crippen LogP) is 5.23. The molecule has 0 saturated carbocycles. The number of aromatic nitrogens is 3. The number of benzene rings is 2. The molecule has 164 valence electrons. The van der Waals surface area contributed by atoms with Crippen molar-refractivity contribution in [3.63, 3.8) is 0 Å². The van der Waals surface area contributed by atoms with E-state index in [0.717, 1.165) is 35.6 Å². The quantitative estimate of drug-likeness (QED) is 0.416. The molecule has 0 unspecified atom stereocenters. The van der Waals surface area contributed by atoms with Gasteiger partial charge in [-0.2, -0.15) is 18.2 Å². The first kappa shape index (κ1) is 21.6. The maximum Gasteiger partial charge on any atom is 0.416 e. The molecule has 0 spiro atoms. The van der Waals surface area contributed by atoms with Crippen molar-refractivity contribution < 1.29 is 31.3 Å². The zero-order valence-electron chi connectivity index (χ0n) is 16.0. The van der Waals surface area contributed by atoms with E-state index >= 15 is 0 Å². The van der Waals surface area contributed by atoms with E-state index < -0.39 is 34.8 Å². The van der Waals surface area contributed by atoms with E-state index in [9.17, 15) is 26.7 Å². The van der Waals surface area contributed by atoms with Gasteiger partial charge in [0.2, 0.25) is 11.7 Å². The third-order valence-corrected chi connectivity index (χ3v) is 5.52. The number of amides is 1. The van der Waals surface area contributed by atoms with Crippen LogP contribution < -0.4 is 5.73 Å². The van der Waals surface area contributed by atoms with Crippen LogP contribution in [0, 0.1) is 18.6 Å². The second-order valence-corrected chi connectivity index (χ2v) is 7.56. The summed E-state index contributed by atoms with van der Waals surface area (Å²) in [6.45, 7) is 1.51. The molecule has 6 nitrogen and oxygen atoms in total. The zero-order valence-corrected chi connectivity index (χ0v) is 16.8. The Morgan fingerprint density at radius 1 is 1.12 bits per heavy atom. The molecule has 32 heavy (non-hydrogen) atoms. The summed E-state index contributed by atoms with van der Waals surface area (Å²) in [5.41, 5.74) is 3.11. The van der Waals surface area contributed by atoms with Crippen molar-refractivity contribution in [3.8, 4) is 32.5 Å². The standard InChI is InChI=1S/C20H11F5N4O2S/c1-8-27-18(29-31-8)15-16(9-3-2-4-10(7-9)20(23,24)25)32-19(28-15)11-5-6-12(21)13(14(11)22)17(26)30/h2-7H,1H3,(H2,26,30). The molecule has 12 heteroatoms. The summed E-state index contributed by atoms with van der Waals surface area (Å²) in [6.07, 6.45) is -4.59. The molecule has 2 heterocycles. The van der Waals surface area contributed by atoms with Crippen LogP contribution in [0.15, 0.2) is 40.9 Å². The summed E-state index contributed by atoms with van der Waals surface area (Å²) in [5.74, 6) is -3.56. The molecule has 2 aromatic carbocycles. The lowest BCUT2D eigenvalue weighted by Crippen LogP contribution is -2.16. The van der Waals surface area contributed by atoms with E-state index in [2.05, 4.69) is 15.1 Å². The first-order valence-corrected chi connectivity index (χ1v) is 9.65. The molecule has 2 N–H and O–H groups in total. The summed E-state index contributed by atoms with van der Waals surface area (Å²) in [7, 11) is 0. The number of aryl methyl sites for hydroxylation is 1. The fraction of sp³-hybridized carbons (Fsp3) is 0.100. The maximum atomic E-state index is 14.9. The van der Waals surface area contributed by atoms with Gasteiger partial charge in [-0.25, -0.2) is 13.8 Å². The summed E-state index contributed by atoms with van der Waals surface area (Å²) in [5, 5.41) is 3.69. The van der Waals surface area contributed by atoms with Gasteiger partial charge >= 0.3 is 6.18 Å². The van der Waals surface area contributed by atoms with Gasteiger partial charge in [-0.3, -0.25) is 4.79 Å². The summed E-state index contributed by atoms with van der Waals surface area (Å²) < 4.78 is 73.3. The van der Waals surface area contributed by atoms with Crippen molar-refractivity contribution in [2.24, 2.45) is 5.73 Å². The molecular weight excluding hydrogens is 455 g/mol. The van der Waals surface area contributed by atoms with Gasteiger partial charge in [-0.15, -0.1) is 11.3 Å². The van der Waals surface area contributed by atoms with Crippen molar-refractivity contribution in [2.45, 2.75) is 13.1 Å². The Morgan fingerprint density at radius 3 is 2.50 bits per heavy atom. The summed E-state index contributed by atoms with van der Waals surface area (Å²) in [6, 6.07) is 6.34. The lowest BCUT2D eigenvalue weighted by molar-refractivity contribution is -0.137. The average molecular weight is 466 g/mol. The second kappa shape index (κ2) is 7.79. The fourth-order valence-corrected chi connectivity index (χ4v) is 4.03. The smallest absolute Gasteiger partial charge is 0.365 e. The third kappa shape index (κ3) is 3.84. The van der Waals surface area contributed by atoms with Crippen LogP contribution in [0.4, 0.5) is 22.0 Å². The molecular formula is C20H11F5N4O2S. The van der Waals surface area contributed by atoms with E-state index in [4.69, 9.17) is 10.3 Å². The molecule has 0 saturated heterocycles. The Hall–Kier alpha value is -3.67. The maximum absolute atomic E-state index is 14.9. The van der Waals surface area contributed by atoms with Gasteiger partial charge < -0.3 is 10.3 Å². The second-order valence-electron chi connectivity index (χ2n) is 6.56. The molecule has 0 atom stereocenters. The monoisotopic (exact) mass is 466 g/mol. The molecule has 0 aliphatic rings. The van der Waals surface area contributed by atoms with Crippen molar-refractivity contribution in [1.82, 2.24) is 15.1 Å². The molecule has 2 aromatic heterocycles. The van der Waals surface area contributed by atoms with Crippen LogP contribution in [-0.2, 0) is 6.18 Å². The van der Waals surface area contributed by atoms with E-state index in [1.165, 1.54) is 19.1 Å². The van der Waals surface area contributed by atoms with E-state index in [1.807, 2.05) is 0 Å². The highest BCUT2D eigenvalue weighted by Gasteiger charge is 2.31. The van der Waals surface area contributed by atoms with Crippen molar-refractivity contribution in [3.05, 3.63) is 65.1 Å². The molecule has 0 fully saturated rings. The van der Waals surface area contributed by atoms with E-state index in [1.54, 1.807) is 0 Å². The molecule has 0 bridgehead atoms. The van der Waals surface area contributed by atoms with Crippen LogP contribution in [0.1, 0.15) is 21.8 Å². The Bertz CT molecular complexity index is 1350. The average Bonchev–Trinajstić information content (AvgIpc) is 3.33. The fourth-order valence-electron chi connectivity index (χ4n) is 2.96. The number of thiazole rings is 1. The van der Waals surface area contributed by atoms with Gasteiger partial charge in [0.05, 0.1) is 10.4 Å². The van der Waals surface area contributed by atoms with E-state index in [0.29, 0.717) is 0 Å². The van der Waals surface area contributed by atoms with Crippen LogP contribution in [0.2, 0.25) is 0 Å². The highest BCUT2D eigenvalue weighted by atomic mass is 32.1. The number of carbonyl (C=O) groups excluding carboxylic acids is 1. The minimum atomic E-state index is -4.59. The topological polar surface area (TPSA) is 94.9 Å². The van der Waals surface area contributed by atoms with Gasteiger partial charge in [0.15, 0.2) is 0 Å². The largest absolute Gasteiger partial charge is 0.416 e. The molecule has 0 aliphatic heterocycles. The van der Waals surface area contributed by atoms with Crippen molar-refractivity contribution in [2.75, 3.05) is 0 Å². The molecule has 4 rings (SSSR count). The highest BCUT2D eigenvalue weighted by Crippen LogP contribution is 2.42.